The Bertz CT molecular complexity index is 987. The average molecular weight is 409 g/mol. The second-order valence-electron chi connectivity index (χ2n) is 7.86. The van der Waals surface area contributed by atoms with E-state index in [-0.39, 0.29) is 0 Å². The second kappa shape index (κ2) is 9.87. The zero-order chi connectivity index (χ0) is 21.4. The van der Waals surface area contributed by atoms with Crippen LogP contribution in [0.2, 0.25) is 0 Å². The van der Waals surface area contributed by atoms with Crippen LogP contribution in [0.1, 0.15) is 32.8 Å². The van der Waals surface area contributed by atoms with E-state index in [1.54, 1.807) is 24.8 Å². The maximum Gasteiger partial charge on any atom is 0.407 e. The number of carbonyl (C=O) groups is 1. The summed E-state index contributed by atoms with van der Waals surface area (Å²) in [5.74, 6) is 0. The Hall–Kier alpha value is -3.42. The predicted molar refractivity (Wildman–Crippen MR) is 118 cm³/mol. The minimum Gasteiger partial charge on any atom is -0.444 e. The van der Waals surface area contributed by atoms with E-state index < -0.39 is 11.7 Å². The van der Waals surface area contributed by atoms with Crippen molar-refractivity contribution < 1.29 is 9.53 Å². The highest BCUT2D eigenvalue weighted by Gasteiger charge is 2.15. The molecule has 1 amide bonds. The first-order valence-corrected chi connectivity index (χ1v) is 9.99. The molecule has 3 rings (SSSR count). The Balaban J connectivity index is 1.47. The van der Waals surface area contributed by atoms with Gasteiger partial charge in [-0.1, -0.05) is 6.07 Å². The first kappa shape index (κ1) is 21.3. The Kier molecular flexibility index (Phi) is 7.00. The van der Waals surface area contributed by atoms with Crippen molar-refractivity contribution in [3.05, 3.63) is 54.6 Å². The fourth-order valence-corrected chi connectivity index (χ4v) is 2.82. The van der Waals surface area contributed by atoms with Crippen LogP contribution in [0.5, 0.6) is 0 Å². The third-order valence-electron chi connectivity index (χ3n) is 4.17. The van der Waals surface area contributed by atoms with Crippen molar-refractivity contribution in [3.63, 3.8) is 0 Å². The molecule has 0 atom stereocenters. The van der Waals surface area contributed by atoms with Gasteiger partial charge in [-0.15, -0.1) is 0 Å². The van der Waals surface area contributed by atoms with Crippen LogP contribution < -0.4 is 16.0 Å². The molecule has 2 aromatic heterocycles. The van der Waals surface area contributed by atoms with Crippen molar-refractivity contribution in [2.75, 3.05) is 23.7 Å². The van der Waals surface area contributed by atoms with Crippen molar-refractivity contribution in [1.82, 2.24) is 20.3 Å². The summed E-state index contributed by atoms with van der Waals surface area (Å²) in [4.78, 5) is 24.5. The molecule has 0 unspecified atom stereocenters. The van der Waals surface area contributed by atoms with Crippen LogP contribution in [-0.2, 0) is 11.3 Å². The van der Waals surface area contributed by atoms with E-state index in [1.165, 1.54) is 0 Å². The lowest BCUT2D eigenvalue weighted by atomic mass is 10.2. The minimum atomic E-state index is -0.489. The molecule has 0 bridgehead atoms. The number of carbonyl (C=O) groups excluding carboxylic acids is 1. The van der Waals surface area contributed by atoms with E-state index in [4.69, 9.17) is 4.74 Å². The highest BCUT2D eigenvalue weighted by molar-refractivity contribution is 5.74. The van der Waals surface area contributed by atoms with Crippen molar-refractivity contribution >= 4 is 28.5 Å². The van der Waals surface area contributed by atoms with E-state index in [2.05, 4.69) is 30.9 Å². The number of anilines is 2. The molecule has 1 aromatic carbocycles. The quantitative estimate of drug-likeness (QED) is 0.485. The Morgan fingerprint density at radius 1 is 0.967 bits per heavy atom. The molecule has 0 aliphatic rings. The normalized spacial score (nSPS) is 11.2. The lowest BCUT2D eigenvalue weighted by molar-refractivity contribution is 0.0528. The zero-order valence-corrected chi connectivity index (χ0v) is 17.6. The van der Waals surface area contributed by atoms with Gasteiger partial charge in [0.1, 0.15) is 5.60 Å². The molecule has 0 aliphatic heterocycles. The van der Waals surface area contributed by atoms with Crippen LogP contribution in [-0.4, -0.2) is 39.7 Å². The van der Waals surface area contributed by atoms with Crippen LogP contribution in [0.15, 0.2) is 49.1 Å². The van der Waals surface area contributed by atoms with Crippen LogP contribution in [0, 0.1) is 0 Å². The average Bonchev–Trinajstić information content (AvgIpc) is 2.71. The monoisotopic (exact) mass is 408 g/mol. The van der Waals surface area contributed by atoms with Crippen LogP contribution in [0.4, 0.5) is 16.2 Å². The lowest BCUT2D eigenvalue weighted by Crippen LogP contribution is -2.33. The SMILES string of the molecule is CC(C)(C)OC(=O)NCCCNc1ccncc1NCc1ccc2nccnc2c1. The fourth-order valence-electron chi connectivity index (χ4n) is 2.82. The number of rotatable bonds is 8. The summed E-state index contributed by atoms with van der Waals surface area (Å²) in [5.41, 5.74) is 4.25. The van der Waals surface area contributed by atoms with Crippen molar-refractivity contribution in [2.45, 2.75) is 39.3 Å². The molecular weight excluding hydrogens is 380 g/mol. The Labute approximate surface area is 176 Å². The summed E-state index contributed by atoms with van der Waals surface area (Å²) in [6.45, 7) is 7.42. The van der Waals surface area contributed by atoms with Gasteiger partial charge in [0.15, 0.2) is 0 Å². The Morgan fingerprint density at radius 2 is 1.77 bits per heavy atom. The highest BCUT2D eigenvalue weighted by atomic mass is 16.6. The molecule has 0 saturated carbocycles. The van der Waals surface area contributed by atoms with Gasteiger partial charge >= 0.3 is 6.09 Å². The number of nitrogens with one attached hydrogen (secondary N) is 3. The van der Waals surface area contributed by atoms with E-state index in [0.29, 0.717) is 19.6 Å². The molecular formula is C22H28N6O2. The van der Waals surface area contributed by atoms with Crippen LogP contribution >= 0.6 is 0 Å². The largest absolute Gasteiger partial charge is 0.444 e. The molecule has 8 heteroatoms. The number of fused-ring (bicyclic) bond motifs is 1. The van der Waals surface area contributed by atoms with Gasteiger partial charge in [0, 0.05) is 38.2 Å². The summed E-state index contributed by atoms with van der Waals surface area (Å²) in [6, 6.07) is 7.96. The number of aromatic nitrogens is 3. The van der Waals surface area contributed by atoms with E-state index in [0.717, 1.165) is 34.4 Å². The third-order valence-corrected chi connectivity index (χ3v) is 4.17. The molecule has 0 spiro atoms. The molecule has 0 fully saturated rings. The number of pyridine rings is 1. The number of hydrogen-bond donors (Lipinski definition) is 3. The maximum absolute atomic E-state index is 11.7. The molecule has 158 valence electrons. The standard InChI is InChI=1S/C22H28N6O2/c1-22(2,3)30-21(29)27-9-4-8-24-18-7-10-23-15-20(18)28-14-16-5-6-17-19(13-16)26-12-11-25-17/h5-7,10-13,15,28H,4,8-9,14H2,1-3H3,(H,23,24)(H,27,29). The van der Waals surface area contributed by atoms with Crippen molar-refractivity contribution in [3.8, 4) is 0 Å². The molecule has 3 N–H and O–H groups in total. The Morgan fingerprint density at radius 3 is 2.57 bits per heavy atom. The van der Waals surface area contributed by atoms with Gasteiger partial charge in [-0.05, 0) is 51.0 Å². The molecule has 0 radical (unpaired) electrons. The maximum atomic E-state index is 11.7. The third kappa shape index (κ3) is 6.58. The van der Waals surface area contributed by atoms with Crippen molar-refractivity contribution in [2.24, 2.45) is 0 Å². The summed E-state index contributed by atoms with van der Waals surface area (Å²) >= 11 is 0. The van der Waals surface area contributed by atoms with E-state index in [9.17, 15) is 4.79 Å². The van der Waals surface area contributed by atoms with Gasteiger partial charge in [0.25, 0.3) is 0 Å². The highest BCUT2D eigenvalue weighted by Crippen LogP contribution is 2.21. The molecule has 3 aromatic rings. The van der Waals surface area contributed by atoms with E-state index in [1.807, 2.05) is 45.0 Å². The van der Waals surface area contributed by atoms with Gasteiger partial charge < -0.3 is 20.7 Å². The van der Waals surface area contributed by atoms with Gasteiger partial charge in [-0.25, -0.2) is 4.79 Å². The number of nitrogens with zero attached hydrogens (tertiary/aromatic N) is 3. The van der Waals surface area contributed by atoms with Crippen LogP contribution in [0.3, 0.4) is 0 Å². The van der Waals surface area contributed by atoms with Gasteiger partial charge in [-0.3, -0.25) is 15.0 Å². The zero-order valence-electron chi connectivity index (χ0n) is 17.6. The number of ether oxygens (including phenoxy) is 1. The number of benzene rings is 1. The number of amides is 1. The summed E-state index contributed by atoms with van der Waals surface area (Å²) in [7, 11) is 0. The fraction of sp³-hybridized carbons (Fsp3) is 0.364. The summed E-state index contributed by atoms with van der Waals surface area (Å²) < 4.78 is 5.23. The van der Waals surface area contributed by atoms with Crippen molar-refractivity contribution in [1.29, 1.82) is 0 Å². The van der Waals surface area contributed by atoms with Crippen LogP contribution in [0.25, 0.3) is 11.0 Å². The number of alkyl carbamates (subject to hydrolysis) is 1. The van der Waals surface area contributed by atoms with E-state index >= 15 is 0 Å². The molecule has 30 heavy (non-hydrogen) atoms. The molecule has 2 heterocycles. The predicted octanol–water partition coefficient (Wildman–Crippen LogP) is 3.96. The summed E-state index contributed by atoms with van der Waals surface area (Å²) in [6.07, 6.45) is 7.30. The topological polar surface area (TPSA) is 101 Å². The first-order chi connectivity index (χ1) is 14.4. The summed E-state index contributed by atoms with van der Waals surface area (Å²) in [5, 5.41) is 9.56. The smallest absolute Gasteiger partial charge is 0.407 e. The number of hydrogen-bond acceptors (Lipinski definition) is 7. The first-order valence-electron chi connectivity index (χ1n) is 9.99. The molecule has 0 saturated heterocycles. The van der Waals surface area contributed by atoms with Gasteiger partial charge in [0.05, 0.1) is 28.6 Å². The van der Waals surface area contributed by atoms with Gasteiger partial charge in [0.2, 0.25) is 0 Å². The molecule has 8 nitrogen and oxygen atoms in total. The van der Waals surface area contributed by atoms with Gasteiger partial charge in [-0.2, -0.15) is 0 Å². The molecule has 0 aliphatic carbocycles. The minimum absolute atomic E-state index is 0.395. The lowest BCUT2D eigenvalue weighted by Gasteiger charge is -2.19. The second-order valence-corrected chi connectivity index (χ2v) is 7.86.